The molecule has 1 amide bonds. The molecule has 1 fully saturated rings. The van der Waals surface area contributed by atoms with Crippen molar-refractivity contribution in [2.75, 3.05) is 19.6 Å². The summed E-state index contributed by atoms with van der Waals surface area (Å²) in [6.07, 6.45) is 5.39. The van der Waals surface area contributed by atoms with Crippen LogP contribution in [0.3, 0.4) is 0 Å². The molecule has 2 aromatic heterocycles. The van der Waals surface area contributed by atoms with Gasteiger partial charge in [-0.05, 0) is 43.5 Å². The van der Waals surface area contributed by atoms with Crippen molar-refractivity contribution in [3.63, 3.8) is 0 Å². The Morgan fingerprint density at radius 2 is 1.82 bits per heavy atom. The maximum absolute atomic E-state index is 13.3. The molecule has 0 bridgehead atoms. The standard InChI is InChI=1S/C31H36N4O4S/c1-2-3-18-35-27-12-11-25(40(37,38)34-16-7-8-17-34)21-26(27)32-30(35)13-14-31(36)33-19-15-28-24(22-33)20-29(39-28)23-9-5-4-6-10-23/h4-6,9-12,20-21H,2-3,7-8,13-19,22H2,1H3. The SMILES string of the molecule is CCCCn1c(CCC(=O)N2CCc3oc(-c4ccccc4)cc3C2)nc2cc(S(=O)(=O)N3CCCC3)ccc21. The van der Waals surface area contributed by atoms with Crippen molar-refractivity contribution in [2.45, 2.75) is 69.9 Å². The summed E-state index contributed by atoms with van der Waals surface area (Å²) >= 11 is 0. The molecule has 0 radical (unpaired) electrons. The van der Waals surface area contributed by atoms with E-state index in [9.17, 15) is 13.2 Å². The van der Waals surface area contributed by atoms with E-state index >= 15 is 0 Å². The molecule has 0 aliphatic carbocycles. The lowest BCUT2D eigenvalue weighted by Gasteiger charge is -2.26. The summed E-state index contributed by atoms with van der Waals surface area (Å²) in [5.41, 5.74) is 3.71. The number of imidazole rings is 1. The number of fused-ring (bicyclic) bond motifs is 2. The van der Waals surface area contributed by atoms with E-state index in [0.717, 1.165) is 66.2 Å². The highest BCUT2D eigenvalue weighted by Crippen LogP contribution is 2.30. The van der Waals surface area contributed by atoms with Crippen molar-refractivity contribution in [1.82, 2.24) is 18.8 Å². The number of unbranched alkanes of at least 4 members (excludes halogenated alkanes) is 1. The molecule has 6 rings (SSSR count). The second-order valence-corrected chi connectivity index (χ2v) is 12.7. The minimum atomic E-state index is -3.52. The molecular formula is C31H36N4O4S. The van der Waals surface area contributed by atoms with Crippen LogP contribution in [0.1, 0.15) is 56.2 Å². The summed E-state index contributed by atoms with van der Waals surface area (Å²) in [6, 6.07) is 17.4. The van der Waals surface area contributed by atoms with E-state index in [1.165, 1.54) is 0 Å². The average molecular weight is 561 g/mol. The second kappa shape index (κ2) is 11.2. The minimum Gasteiger partial charge on any atom is -0.461 e. The number of hydrogen-bond donors (Lipinski definition) is 0. The Bertz CT molecular complexity index is 1620. The Morgan fingerprint density at radius 1 is 1.02 bits per heavy atom. The molecule has 210 valence electrons. The van der Waals surface area contributed by atoms with E-state index in [4.69, 9.17) is 9.40 Å². The van der Waals surface area contributed by atoms with E-state index in [2.05, 4.69) is 17.6 Å². The number of amides is 1. The van der Waals surface area contributed by atoms with Gasteiger partial charge in [-0.2, -0.15) is 4.31 Å². The highest BCUT2D eigenvalue weighted by molar-refractivity contribution is 7.89. The zero-order chi connectivity index (χ0) is 27.7. The Labute approximate surface area is 235 Å². The lowest BCUT2D eigenvalue weighted by Crippen LogP contribution is -2.35. The Kier molecular flexibility index (Phi) is 7.51. The Balaban J connectivity index is 1.18. The van der Waals surface area contributed by atoms with Crippen LogP contribution in [0.5, 0.6) is 0 Å². The summed E-state index contributed by atoms with van der Waals surface area (Å²) in [6.45, 7) is 5.27. The largest absolute Gasteiger partial charge is 0.461 e. The zero-order valence-corrected chi connectivity index (χ0v) is 23.8. The molecule has 2 aliphatic heterocycles. The van der Waals surface area contributed by atoms with Crippen molar-refractivity contribution >= 4 is 27.0 Å². The number of carbonyl (C=O) groups is 1. The Morgan fingerprint density at radius 3 is 2.60 bits per heavy atom. The lowest BCUT2D eigenvalue weighted by atomic mass is 10.1. The monoisotopic (exact) mass is 560 g/mol. The predicted octanol–water partition coefficient (Wildman–Crippen LogP) is 5.40. The summed E-state index contributed by atoms with van der Waals surface area (Å²) in [5, 5.41) is 0. The molecule has 0 N–H and O–H groups in total. The van der Waals surface area contributed by atoms with Gasteiger partial charge in [0.15, 0.2) is 0 Å². The third-order valence-electron chi connectivity index (χ3n) is 8.08. The van der Waals surface area contributed by atoms with Gasteiger partial charge in [0.2, 0.25) is 15.9 Å². The van der Waals surface area contributed by atoms with Gasteiger partial charge in [-0.3, -0.25) is 4.79 Å². The number of sulfonamides is 1. The van der Waals surface area contributed by atoms with Crippen LogP contribution in [-0.2, 0) is 40.7 Å². The Hall–Kier alpha value is -3.43. The fraction of sp³-hybridized carbons (Fsp3) is 0.419. The second-order valence-electron chi connectivity index (χ2n) is 10.8. The molecule has 9 heteroatoms. The molecule has 0 spiro atoms. The van der Waals surface area contributed by atoms with Gasteiger partial charge < -0.3 is 13.9 Å². The fourth-order valence-electron chi connectivity index (χ4n) is 5.82. The number of aryl methyl sites for hydroxylation is 2. The molecule has 4 heterocycles. The van der Waals surface area contributed by atoms with Crippen LogP contribution in [0.2, 0.25) is 0 Å². The van der Waals surface area contributed by atoms with Gasteiger partial charge in [-0.15, -0.1) is 0 Å². The molecule has 0 unspecified atom stereocenters. The number of nitrogens with zero attached hydrogens (tertiary/aromatic N) is 4. The van der Waals surface area contributed by atoms with Gasteiger partial charge in [0.05, 0.1) is 15.9 Å². The van der Waals surface area contributed by atoms with Gasteiger partial charge in [0.1, 0.15) is 17.3 Å². The van der Waals surface area contributed by atoms with Crippen molar-refractivity contribution in [2.24, 2.45) is 0 Å². The maximum Gasteiger partial charge on any atom is 0.243 e. The molecule has 4 aromatic rings. The first-order valence-electron chi connectivity index (χ1n) is 14.4. The molecule has 2 aliphatic rings. The highest BCUT2D eigenvalue weighted by Gasteiger charge is 2.28. The predicted molar refractivity (Wildman–Crippen MR) is 154 cm³/mol. The van der Waals surface area contributed by atoms with Crippen LogP contribution in [0.15, 0.2) is 63.9 Å². The van der Waals surface area contributed by atoms with Crippen LogP contribution in [0.4, 0.5) is 0 Å². The number of carbonyl (C=O) groups excluding carboxylic acids is 1. The van der Waals surface area contributed by atoms with Crippen LogP contribution >= 0.6 is 0 Å². The van der Waals surface area contributed by atoms with Crippen molar-refractivity contribution in [3.05, 3.63) is 71.7 Å². The van der Waals surface area contributed by atoms with Crippen LogP contribution in [0, 0.1) is 0 Å². The van der Waals surface area contributed by atoms with Crippen molar-refractivity contribution in [3.8, 4) is 11.3 Å². The van der Waals surface area contributed by atoms with E-state index in [0.29, 0.717) is 55.9 Å². The summed E-state index contributed by atoms with van der Waals surface area (Å²) < 4.78 is 36.1. The highest BCUT2D eigenvalue weighted by atomic mass is 32.2. The smallest absolute Gasteiger partial charge is 0.243 e. The molecule has 0 atom stereocenters. The molecule has 8 nitrogen and oxygen atoms in total. The molecule has 0 saturated carbocycles. The molecular weight excluding hydrogens is 524 g/mol. The zero-order valence-electron chi connectivity index (χ0n) is 23.0. The number of rotatable bonds is 9. The van der Waals surface area contributed by atoms with Gasteiger partial charge in [-0.1, -0.05) is 43.7 Å². The maximum atomic E-state index is 13.3. The van der Waals surface area contributed by atoms with Crippen LogP contribution in [0.25, 0.3) is 22.4 Å². The quantitative estimate of drug-likeness (QED) is 0.274. The number of furan rings is 1. The van der Waals surface area contributed by atoms with Crippen LogP contribution in [-0.4, -0.2) is 52.7 Å². The lowest BCUT2D eigenvalue weighted by molar-refractivity contribution is -0.132. The first-order chi connectivity index (χ1) is 19.4. The van der Waals surface area contributed by atoms with E-state index in [1.54, 1.807) is 16.4 Å². The van der Waals surface area contributed by atoms with E-state index < -0.39 is 10.0 Å². The van der Waals surface area contributed by atoms with Crippen molar-refractivity contribution < 1.29 is 17.6 Å². The number of aromatic nitrogens is 2. The van der Waals surface area contributed by atoms with Crippen LogP contribution < -0.4 is 0 Å². The van der Waals surface area contributed by atoms with E-state index in [-0.39, 0.29) is 5.91 Å². The van der Waals surface area contributed by atoms with Gasteiger partial charge in [0.25, 0.3) is 0 Å². The van der Waals surface area contributed by atoms with Gasteiger partial charge in [0, 0.05) is 63.1 Å². The van der Waals surface area contributed by atoms with E-state index in [1.807, 2.05) is 41.3 Å². The topological polar surface area (TPSA) is 88.6 Å². The molecule has 1 saturated heterocycles. The minimum absolute atomic E-state index is 0.0968. The third kappa shape index (κ3) is 5.20. The number of benzene rings is 2. The summed E-state index contributed by atoms with van der Waals surface area (Å²) in [5.74, 6) is 2.74. The third-order valence-corrected chi connectivity index (χ3v) is 9.97. The molecule has 40 heavy (non-hydrogen) atoms. The number of hydrogen-bond acceptors (Lipinski definition) is 5. The average Bonchev–Trinajstić information content (AvgIpc) is 3.73. The van der Waals surface area contributed by atoms with Gasteiger partial charge >= 0.3 is 0 Å². The summed E-state index contributed by atoms with van der Waals surface area (Å²) in [4.78, 5) is 20.4. The summed E-state index contributed by atoms with van der Waals surface area (Å²) in [7, 11) is -3.52. The fourth-order valence-corrected chi connectivity index (χ4v) is 7.36. The first kappa shape index (κ1) is 26.8. The normalized spacial score (nSPS) is 16.1. The van der Waals surface area contributed by atoms with Gasteiger partial charge in [-0.25, -0.2) is 13.4 Å². The first-order valence-corrected chi connectivity index (χ1v) is 15.8. The van der Waals surface area contributed by atoms with Crippen molar-refractivity contribution in [1.29, 1.82) is 0 Å². The molecule has 2 aromatic carbocycles.